The number of hydrogen-bond acceptors (Lipinski definition) is 5. The first-order chi connectivity index (χ1) is 12.6. The van der Waals surface area contributed by atoms with Crippen LogP contribution >= 0.6 is 11.3 Å². The average Bonchev–Trinajstić information content (AvgIpc) is 3.30. The van der Waals surface area contributed by atoms with Crippen molar-refractivity contribution in [2.24, 2.45) is 0 Å². The zero-order chi connectivity index (χ0) is 18.1. The van der Waals surface area contributed by atoms with Gasteiger partial charge in [-0.15, -0.1) is 0 Å². The van der Waals surface area contributed by atoms with Gasteiger partial charge in [0.2, 0.25) is 5.88 Å². The molecule has 0 saturated heterocycles. The van der Waals surface area contributed by atoms with Gasteiger partial charge >= 0.3 is 5.97 Å². The van der Waals surface area contributed by atoms with Gasteiger partial charge in [-0.05, 0) is 28.3 Å². The van der Waals surface area contributed by atoms with Gasteiger partial charge in [0, 0.05) is 16.5 Å². The van der Waals surface area contributed by atoms with Crippen molar-refractivity contribution in [2.75, 3.05) is 5.32 Å². The minimum atomic E-state index is -1.22. The van der Waals surface area contributed by atoms with Crippen LogP contribution in [-0.4, -0.2) is 22.1 Å². The zero-order valence-corrected chi connectivity index (χ0v) is 14.1. The molecular weight excluding hydrogens is 352 g/mol. The number of thiophene rings is 1. The number of aromatic nitrogens is 1. The van der Waals surface area contributed by atoms with Crippen LogP contribution < -0.4 is 5.32 Å². The average molecular weight is 364 g/mol. The number of benzene rings is 2. The Morgan fingerprint density at radius 3 is 2.65 bits per heavy atom. The second-order valence-electron chi connectivity index (χ2n) is 5.53. The van der Waals surface area contributed by atoms with Crippen molar-refractivity contribution in [1.29, 1.82) is 0 Å². The van der Waals surface area contributed by atoms with E-state index in [1.807, 2.05) is 35.7 Å². The summed E-state index contributed by atoms with van der Waals surface area (Å²) in [4.78, 5) is 24.4. The lowest BCUT2D eigenvalue weighted by Crippen LogP contribution is -2.14. The Hall–Kier alpha value is -3.45. The molecule has 4 rings (SSSR count). The topological polar surface area (TPSA) is 92.4 Å². The highest BCUT2D eigenvalue weighted by atomic mass is 32.1. The largest absolute Gasteiger partial charge is 0.477 e. The Morgan fingerprint density at radius 1 is 1.08 bits per heavy atom. The third-order valence-electron chi connectivity index (χ3n) is 3.96. The number of nitrogens with zero attached hydrogens (tertiary/aromatic N) is 1. The van der Waals surface area contributed by atoms with Crippen LogP contribution in [0, 0.1) is 0 Å². The van der Waals surface area contributed by atoms with Crippen molar-refractivity contribution < 1.29 is 19.2 Å². The predicted octanol–water partition coefficient (Wildman–Crippen LogP) is 4.51. The highest BCUT2D eigenvalue weighted by Crippen LogP contribution is 2.31. The molecule has 0 spiro atoms. The molecule has 128 valence electrons. The molecule has 0 bridgehead atoms. The van der Waals surface area contributed by atoms with Crippen molar-refractivity contribution in [3.63, 3.8) is 0 Å². The van der Waals surface area contributed by atoms with Gasteiger partial charge in [-0.2, -0.15) is 11.3 Å². The molecule has 2 aromatic carbocycles. The Balaban J connectivity index is 1.73. The van der Waals surface area contributed by atoms with Gasteiger partial charge < -0.3 is 9.63 Å². The van der Waals surface area contributed by atoms with Gasteiger partial charge in [-0.1, -0.05) is 41.6 Å². The van der Waals surface area contributed by atoms with Crippen LogP contribution in [0.15, 0.2) is 63.8 Å². The molecule has 1 amide bonds. The normalized spacial score (nSPS) is 10.8. The molecule has 0 aliphatic rings. The van der Waals surface area contributed by atoms with E-state index in [9.17, 15) is 14.7 Å². The molecule has 0 fully saturated rings. The van der Waals surface area contributed by atoms with Gasteiger partial charge in [0.05, 0.1) is 0 Å². The van der Waals surface area contributed by atoms with Crippen LogP contribution in [0.25, 0.3) is 22.0 Å². The Morgan fingerprint density at radius 2 is 1.88 bits per heavy atom. The van der Waals surface area contributed by atoms with Crippen molar-refractivity contribution >= 4 is 39.9 Å². The minimum Gasteiger partial charge on any atom is -0.477 e. The number of rotatable bonds is 4. The molecule has 0 aliphatic heterocycles. The number of anilines is 1. The maximum atomic E-state index is 12.7. The van der Waals surface area contributed by atoms with Gasteiger partial charge in [0.25, 0.3) is 5.91 Å². The summed E-state index contributed by atoms with van der Waals surface area (Å²) in [5, 5.41) is 21.2. The summed E-state index contributed by atoms with van der Waals surface area (Å²) in [6, 6.07) is 14.5. The van der Waals surface area contributed by atoms with Gasteiger partial charge in [0.15, 0.2) is 5.56 Å². The fourth-order valence-electron chi connectivity index (χ4n) is 2.76. The number of carbonyl (C=O) groups excluding carboxylic acids is 1. The highest BCUT2D eigenvalue weighted by molar-refractivity contribution is 7.08. The number of nitrogens with one attached hydrogen (secondary N) is 1. The second-order valence-corrected chi connectivity index (χ2v) is 6.31. The van der Waals surface area contributed by atoms with Crippen molar-refractivity contribution in [3.05, 3.63) is 70.4 Å². The maximum absolute atomic E-state index is 12.7. The molecule has 0 unspecified atom stereocenters. The van der Waals surface area contributed by atoms with E-state index >= 15 is 0 Å². The van der Waals surface area contributed by atoms with E-state index in [1.54, 1.807) is 23.6 Å². The molecule has 6 nitrogen and oxygen atoms in total. The van der Waals surface area contributed by atoms with Crippen molar-refractivity contribution in [1.82, 2.24) is 5.16 Å². The molecule has 4 aromatic rings. The first-order valence-electron chi connectivity index (χ1n) is 7.70. The Kier molecular flexibility index (Phi) is 3.98. The smallest absolute Gasteiger partial charge is 0.343 e. The molecule has 0 saturated carbocycles. The SMILES string of the molecule is O=C(O)c1c(-c2ccsc2)noc1NC(=O)c1cccc2ccccc12. The van der Waals surface area contributed by atoms with E-state index in [4.69, 9.17) is 4.52 Å². The molecule has 26 heavy (non-hydrogen) atoms. The lowest BCUT2D eigenvalue weighted by molar-refractivity contribution is 0.0698. The molecule has 0 radical (unpaired) electrons. The number of hydrogen-bond donors (Lipinski definition) is 2. The lowest BCUT2D eigenvalue weighted by atomic mass is 10.0. The standard InChI is InChI=1S/C19H12N2O4S/c22-17(14-7-3-5-11-4-1-2-6-13(11)14)20-18-15(19(23)24)16(21-25-18)12-8-9-26-10-12/h1-10H,(H,20,22)(H,23,24). The third kappa shape index (κ3) is 2.74. The maximum Gasteiger partial charge on any atom is 0.343 e. The second kappa shape index (κ2) is 6.45. The molecule has 2 aromatic heterocycles. The molecule has 7 heteroatoms. The van der Waals surface area contributed by atoms with Crippen LogP contribution in [-0.2, 0) is 0 Å². The van der Waals surface area contributed by atoms with Crippen LogP contribution in [0.4, 0.5) is 5.88 Å². The molecule has 2 N–H and O–H groups in total. The minimum absolute atomic E-state index is 0.169. The van der Waals surface area contributed by atoms with Crippen LogP contribution in [0.2, 0.25) is 0 Å². The predicted molar refractivity (Wildman–Crippen MR) is 98.7 cm³/mol. The van der Waals surface area contributed by atoms with Gasteiger partial charge in [-0.25, -0.2) is 4.79 Å². The van der Waals surface area contributed by atoms with Crippen LogP contribution in [0.1, 0.15) is 20.7 Å². The molecule has 0 aliphatic carbocycles. The number of carbonyl (C=O) groups is 2. The van der Waals surface area contributed by atoms with E-state index in [0.29, 0.717) is 11.1 Å². The Labute approximate surface area is 151 Å². The number of carboxylic acids is 1. The molecule has 0 atom stereocenters. The van der Waals surface area contributed by atoms with E-state index in [-0.39, 0.29) is 17.1 Å². The van der Waals surface area contributed by atoms with Crippen LogP contribution in [0.3, 0.4) is 0 Å². The lowest BCUT2D eigenvalue weighted by Gasteiger charge is -2.06. The van der Waals surface area contributed by atoms with E-state index in [2.05, 4.69) is 10.5 Å². The Bertz CT molecular complexity index is 1110. The van der Waals surface area contributed by atoms with Gasteiger partial charge in [-0.3, -0.25) is 10.1 Å². The number of amides is 1. The summed E-state index contributed by atoms with van der Waals surface area (Å²) in [6.45, 7) is 0. The summed E-state index contributed by atoms with van der Waals surface area (Å²) in [5.41, 5.74) is 1.07. The summed E-state index contributed by atoms with van der Waals surface area (Å²) in [5.74, 6) is -1.87. The van der Waals surface area contributed by atoms with Crippen molar-refractivity contribution in [2.45, 2.75) is 0 Å². The number of aromatic carboxylic acids is 1. The first-order valence-corrected chi connectivity index (χ1v) is 8.64. The molecular formula is C19H12N2O4S. The summed E-state index contributed by atoms with van der Waals surface area (Å²) < 4.78 is 5.13. The first kappa shape index (κ1) is 16.0. The van der Waals surface area contributed by atoms with Crippen LogP contribution in [0.5, 0.6) is 0 Å². The summed E-state index contributed by atoms with van der Waals surface area (Å²) in [7, 11) is 0. The summed E-state index contributed by atoms with van der Waals surface area (Å²) >= 11 is 1.41. The number of fused-ring (bicyclic) bond motifs is 1. The van der Waals surface area contributed by atoms with E-state index < -0.39 is 11.9 Å². The quantitative estimate of drug-likeness (QED) is 0.556. The van der Waals surface area contributed by atoms with Gasteiger partial charge in [0.1, 0.15) is 5.69 Å². The highest BCUT2D eigenvalue weighted by Gasteiger charge is 2.26. The summed E-state index contributed by atoms with van der Waals surface area (Å²) in [6.07, 6.45) is 0. The van der Waals surface area contributed by atoms with E-state index in [0.717, 1.165) is 10.8 Å². The number of carboxylic acid groups (broad SMARTS) is 1. The third-order valence-corrected chi connectivity index (χ3v) is 4.65. The molecule has 2 heterocycles. The van der Waals surface area contributed by atoms with E-state index in [1.165, 1.54) is 11.3 Å². The zero-order valence-electron chi connectivity index (χ0n) is 13.3. The fourth-order valence-corrected chi connectivity index (χ4v) is 3.40. The fraction of sp³-hybridized carbons (Fsp3) is 0. The van der Waals surface area contributed by atoms with Crippen molar-refractivity contribution in [3.8, 4) is 11.3 Å². The monoisotopic (exact) mass is 364 g/mol.